The Morgan fingerprint density at radius 2 is 1.69 bits per heavy atom. The lowest BCUT2D eigenvalue weighted by molar-refractivity contribution is -0.132. The molecule has 3 aromatic heterocycles. The second-order valence-electron chi connectivity index (χ2n) is 10.5. The highest BCUT2D eigenvalue weighted by Crippen LogP contribution is 2.38. The highest BCUT2D eigenvalue weighted by atomic mass is 16.2. The molecule has 0 unspecified atom stereocenters. The molecule has 1 aromatic carbocycles. The molecule has 8 nitrogen and oxygen atoms in total. The minimum absolute atomic E-state index is 0.113. The molecule has 0 saturated carbocycles. The molecule has 1 aliphatic rings. The van der Waals surface area contributed by atoms with E-state index in [1.165, 1.54) is 5.56 Å². The molecule has 36 heavy (non-hydrogen) atoms. The Morgan fingerprint density at radius 1 is 0.972 bits per heavy atom. The largest absolute Gasteiger partial charge is 0.343 e. The Labute approximate surface area is 212 Å². The molecule has 0 atom stereocenters. The molecule has 1 aliphatic heterocycles. The first-order valence-corrected chi connectivity index (χ1v) is 12.8. The minimum atomic E-state index is 0.113. The lowest BCUT2D eigenvalue weighted by Gasteiger charge is -2.41. The van der Waals surface area contributed by atoms with Gasteiger partial charge < -0.3 is 4.90 Å². The number of carbonyl (C=O) groups excluding carboxylic acids is 1. The molecule has 0 N–H and O–H groups in total. The summed E-state index contributed by atoms with van der Waals surface area (Å²) in [6.07, 6.45) is 3.26. The quantitative estimate of drug-likeness (QED) is 0.405. The SMILES string of the molecule is Cc1nn(-c2ccc3nnc(C)n3n2)c(C)c1CCC(=O)N1CCC(C(C)(C)c2ccccc2)CC1. The molecule has 1 amide bonds. The van der Waals surface area contributed by atoms with E-state index in [1.54, 1.807) is 4.52 Å². The van der Waals surface area contributed by atoms with E-state index in [4.69, 9.17) is 5.10 Å². The number of nitrogens with zero attached hydrogens (tertiary/aromatic N) is 7. The third-order valence-corrected chi connectivity index (χ3v) is 8.04. The Balaban J connectivity index is 1.22. The van der Waals surface area contributed by atoms with E-state index >= 15 is 0 Å². The number of fused-ring (bicyclic) bond motifs is 1. The second-order valence-corrected chi connectivity index (χ2v) is 10.5. The van der Waals surface area contributed by atoms with Gasteiger partial charge in [-0.1, -0.05) is 44.2 Å². The van der Waals surface area contributed by atoms with E-state index < -0.39 is 0 Å². The van der Waals surface area contributed by atoms with Crippen molar-refractivity contribution in [1.82, 2.24) is 34.5 Å². The van der Waals surface area contributed by atoms with Gasteiger partial charge in [-0.25, -0.2) is 4.68 Å². The fourth-order valence-electron chi connectivity index (χ4n) is 5.60. The summed E-state index contributed by atoms with van der Waals surface area (Å²) in [5, 5.41) is 17.6. The fraction of sp³-hybridized carbons (Fsp3) is 0.464. The fourth-order valence-corrected chi connectivity index (χ4v) is 5.60. The van der Waals surface area contributed by atoms with Gasteiger partial charge >= 0.3 is 0 Å². The third kappa shape index (κ3) is 4.40. The van der Waals surface area contributed by atoms with Crippen LogP contribution in [0.15, 0.2) is 42.5 Å². The first-order valence-electron chi connectivity index (χ1n) is 12.8. The van der Waals surface area contributed by atoms with Gasteiger partial charge in [0.15, 0.2) is 17.3 Å². The maximum absolute atomic E-state index is 13.1. The molecule has 4 heterocycles. The molecule has 0 spiro atoms. The first-order chi connectivity index (χ1) is 17.3. The molecular formula is C28H35N7O. The van der Waals surface area contributed by atoms with Crippen LogP contribution in [0.4, 0.5) is 0 Å². The highest BCUT2D eigenvalue weighted by Gasteiger charge is 2.34. The number of aryl methyl sites for hydroxylation is 2. The second kappa shape index (κ2) is 9.48. The zero-order chi connectivity index (χ0) is 25.4. The average molecular weight is 486 g/mol. The topological polar surface area (TPSA) is 81.2 Å². The van der Waals surface area contributed by atoms with Crippen molar-refractivity contribution < 1.29 is 4.79 Å². The van der Waals surface area contributed by atoms with Crippen LogP contribution in [-0.2, 0) is 16.6 Å². The Morgan fingerprint density at radius 3 is 2.42 bits per heavy atom. The molecule has 4 aromatic rings. The Hall–Kier alpha value is -3.55. The van der Waals surface area contributed by atoms with Crippen LogP contribution in [0.2, 0.25) is 0 Å². The van der Waals surface area contributed by atoms with E-state index in [0.29, 0.717) is 30.2 Å². The molecule has 0 radical (unpaired) electrons. The van der Waals surface area contributed by atoms with E-state index in [9.17, 15) is 4.79 Å². The van der Waals surface area contributed by atoms with Gasteiger partial charge in [-0.2, -0.15) is 9.61 Å². The number of hydrogen-bond acceptors (Lipinski definition) is 5. The van der Waals surface area contributed by atoms with E-state index in [0.717, 1.165) is 48.7 Å². The van der Waals surface area contributed by atoms with Crippen LogP contribution in [0.3, 0.4) is 0 Å². The first kappa shape index (κ1) is 24.2. The Bertz CT molecular complexity index is 1380. The molecule has 188 valence electrons. The number of aromatic nitrogens is 6. The summed E-state index contributed by atoms with van der Waals surface area (Å²) in [5.74, 6) is 2.25. The van der Waals surface area contributed by atoms with Crippen LogP contribution >= 0.6 is 0 Å². The van der Waals surface area contributed by atoms with Crippen molar-refractivity contribution in [2.45, 2.75) is 65.7 Å². The lowest BCUT2D eigenvalue weighted by atomic mass is 9.69. The number of carbonyl (C=O) groups is 1. The van der Waals surface area contributed by atoms with Gasteiger partial charge in [-0.05, 0) is 74.6 Å². The number of rotatable bonds is 6. The van der Waals surface area contributed by atoms with Gasteiger partial charge in [0.1, 0.15) is 0 Å². The van der Waals surface area contributed by atoms with Crippen molar-refractivity contribution >= 4 is 11.6 Å². The van der Waals surface area contributed by atoms with E-state index in [1.807, 2.05) is 37.6 Å². The van der Waals surface area contributed by atoms with Crippen molar-refractivity contribution in [3.63, 3.8) is 0 Å². The summed E-state index contributed by atoms with van der Waals surface area (Å²) < 4.78 is 3.57. The standard InChI is InChI=1S/C28H35N7O/c1-19-24(20(2)34(31-19)26-13-12-25-30-29-21(3)35(25)32-26)11-14-27(36)33-17-15-23(16-18-33)28(4,5)22-9-7-6-8-10-22/h6-10,12-13,23H,11,14-18H2,1-5H3. The maximum atomic E-state index is 13.1. The van der Waals surface area contributed by atoms with Crippen LogP contribution in [0.5, 0.6) is 0 Å². The summed E-state index contributed by atoms with van der Waals surface area (Å²) in [6.45, 7) is 12.3. The number of hydrogen-bond donors (Lipinski definition) is 0. The van der Waals surface area contributed by atoms with Crippen LogP contribution in [-0.4, -0.2) is 53.5 Å². The van der Waals surface area contributed by atoms with Crippen LogP contribution in [0.1, 0.15) is 61.4 Å². The van der Waals surface area contributed by atoms with Gasteiger partial charge in [-0.3, -0.25) is 4.79 Å². The van der Waals surface area contributed by atoms with Crippen LogP contribution < -0.4 is 0 Å². The minimum Gasteiger partial charge on any atom is -0.343 e. The van der Waals surface area contributed by atoms with Crippen molar-refractivity contribution in [2.75, 3.05) is 13.1 Å². The van der Waals surface area contributed by atoms with Crippen molar-refractivity contribution in [3.8, 4) is 5.82 Å². The third-order valence-electron chi connectivity index (χ3n) is 8.04. The summed E-state index contributed by atoms with van der Waals surface area (Å²) in [7, 11) is 0. The monoisotopic (exact) mass is 485 g/mol. The normalized spacial score (nSPS) is 15.1. The number of piperidine rings is 1. The van der Waals surface area contributed by atoms with Gasteiger partial charge in [0.25, 0.3) is 0 Å². The number of benzene rings is 1. The van der Waals surface area contributed by atoms with Crippen LogP contribution in [0.25, 0.3) is 11.5 Å². The molecule has 1 fully saturated rings. The molecular weight excluding hydrogens is 450 g/mol. The zero-order valence-corrected chi connectivity index (χ0v) is 21.9. The summed E-state index contributed by atoms with van der Waals surface area (Å²) in [4.78, 5) is 15.2. The summed E-state index contributed by atoms with van der Waals surface area (Å²) in [6, 6.07) is 14.6. The van der Waals surface area contributed by atoms with Gasteiger partial charge in [0.2, 0.25) is 5.91 Å². The lowest BCUT2D eigenvalue weighted by Crippen LogP contribution is -2.43. The van der Waals surface area contributed by atoms with Crippen molar-refractivity contribution in [1.29, 1.82) is 0 Å². The molecule has 0 bridgehead atoms. The van der Waals surface area contributed by atoms with Gasteiger partial charge in [-0.15, -0.1) is 15.3 Å². The average Bonchev–Trinajstić information content (AvgIpc) is 3.41. The number of amides is 1. The van der Waals surface area contributed by atoms with Crippen molar-refractivity contribution in [3.05, 3.63) is 70.8 Å². The highest BCUT2D eigenvalue weighted by molar-refractivity contribution is 5.76. The molecule has 5 rings (SSSR count). The number of likely N-dealkylation sites (tertiary alicyclic amines) is 1. The van der Waals surface area contributed by atoms with Crippen molar-refractivity contribution in [2.24, 2.45) is 5.92 Å². The summed E-state index contributed by atoms with van der Waals surface area (Å²) in [5.41, 5.74) is 5.27. The predicted octanol–water partition coefficient (Wildman–Crippen LogP) is 4.38. The summed E-state index contributed by atoms with van der Waals surface area (Å²) >= 11 is 0. The molecule has 8 heteroatoms. The van der Waals surface area contributed by atoms with E-state index in [-0.39, 0.29) is 11.3 Å². The smallest absolute Gasteiger partial charge is 0.222 e. The zero-order valence-electron chi connectivity index (χ0n) is 21.9. The Kier molecular flexibility index (Phi) is 6.36. The maximum Gasteiger partial charge on any atom is 0.222 e. The predicted molar refractivity (Wildman–Crippen MR) is 139 cm³/mol. The van der Waals surface area contributed by atoms with Crippen LogP contribution in [0, 0.1) is 26.7 Å². The molecule has 1 saturated heterocycles. The van der Waals surface area contributed by atoms with Gasteiger partial charge in [0.05, 0.1) is 5.69 Å². The van der Waals surface area contributed by atoms with E-state index in [2.05, 4.69) is 64.4 Å². The molecule has 0 aliphatic carbocycles. The van der Waals surface area contributed by atoms with Gasteiger partial charge in [0, 0.05) is 25.2 Å².